The second-order valence-corrected chi connectivity index (χ2v) is 6.76. The van der Waals surface area contributed by atoms with Gasteiger partial charge in [-0.1, -0.05) is 24.3 Å². The number of rotatable bonds is 11. The normalized spacial score (nSPS) is 10.6. The predicted octanol–water partition coefficient (Wildman–Crippen LogP) is 4.03. The fourth-order valence-electron chi connectivity index (χ4n) is 2.82. The first-order chi connectivity index (χ1) is 16.3. The molecule has 2 rings (SSSR count). The molecule has 0 heterocycles. The van der Waals surface area contributed by atoms with Gasteiger partial charge in [0.05, 0.1) is 28.4 Å². The first-order valence-corrected chi connectivity index (χ1v) is 10.1. The van der Waals surface area contributed by atoms with E-state index in [1.165, 1.54) is 59.7 Å². The molecule has 34 heavy (non-hydrogen) atoms. The van der Waals surface area contributed by atoms with Crippen molar-refractivity contribution in [1.82, 2.24) is 0 Å². The Morgan fingerprint density at radius 2 is 1.06 bits per heavy atom. The van der Waals surface area contributed by atoms with Crippen LogP contribution in [0.2, 0.25) is 0 Å². The first kappa shape index (κ1) is 25.9. The van der Waals surface area contributed by atoms with Crippen LogP contribution in [0.5, 0.6) is 23.0 Å². The molecular weight excluding hydrogens is 440 g/mol. The van der Waals surface area contributed by atoms with E-state index < -0.39 is 17.5 Å². The number of allylic oxidation sites excluding steroid dienone is 3. The highest BCUT2D eigenvalue weighted by Crippen LogP contribution is 2.29. The molecule has 0 N–H and O–H groups in total. The van der Waals surface area contributed by atoms with Crippen LogP contribution in [0.15, 0.2) is 60.4 Å². The van der Waals surface area contributed by atoms with Gasteiger partial charge in [0, 0.05) is 6.92 Å². The average Bonchev–Trinajstić information content (AvgIpc) is 2.85. The van der Waals surface area contributed by atoms with Crippen LogP contribution in [0.4, 0.5) is 0 Å². The van der Waals surface area contributed by atoms with Gasteiger partial charge >= 0.3 is 5.97 Å². The van der Waals surface area contributed by atoms with Crippen molar-refractivity contribution < 1.29 is 38.1 Å². The van der Waals surface area contributed by atoms with Crippen molar-refractivity contribution in [2.45, 2.75) is 6.92 Å². The van der Waals surface area contributed by atoms with Crippen LogP contribution in [0, 0.1) is 0 Å². The van der Waals surface area contributed by atoms with Crippen molar-refractivity contribution in [1.29, 1.82) is 0 Å². The molecule has 0 bridgehead atoms. The summed E-state index contributed by atoms with van der Waals surface area (Å²) >= 11 is 0. The zero-order chi connectivity index (χ0) is 25.1. The van der Waals surface area contributed by atoms with Crippen molar-refractivity contribution >= 4 is 29.7 Å². The minimum absolute atomic E-state index is 0.316. The fraction of sp³-hybridized carbons (Fsp3) is 0.192. The van der Waals surface area contributed by atoms with Crippen molar-refractivity contribution in [3.63, 3.8) is 0 Å². The van der Waals surface area contributed by atoms with Gasteiger partial charge in [0.2, 0.25) is 0 Å². The molecule has 0 radical (unpaired) electrons. The molecule has 0 spiro atoms. The van der Waals surface area contributed by atoms with E-state index >= 15 is 0 Å². The third kappa shape index (κ3) is 7.09. The highest BCUT2D eigenvalue weighted by Gasteiger charge is 2.15. The predicted molar refractivity (Wildman–Crippen MR) is 127 cm³/mol. The number of benzene rings is 2. The molecule has 0 amide bonds. The molecule has 0 unspecified atom stereocenters. The summed E-state index contributed by atoms with van der Waals surface area (Å²) in [5.41, 5.74) is 0.973. The molecule has 0 fully saturated rings. The van der Waals surface area contributed by atoms with E-state index in [4.69, 9.17) is 23.7 Å². The van der Waals surface area contributed by atoms with Crippen LogP contribution >= 0.6 is 0 Å². The van der Waals surface area contributed by atoms with E-state index in [-0.39, 0.29) is 5.57 Å². The Hall–Kier alpha value is -4.33. The molecule has 0 aliphatic rings. The number of carbonyl (C=O) groups excluding carboxylic acids is 3. The van der Waals surface area contributed by atoms with Gasteiger partial charge in [-0.2, -0.15) is 0 Å². The van der Waals surface area contributed by atoms with Crippen LogP contribution in [0.25, 0.3) is 12.2 Å². The van der Waals surface area contributed by atoms with Gasteiger partial charge in [-0.25, -0.2) is 0 Å². The maximum absolute atomic E-state index is 12.7. The standard InChI is InChI=1S/C26H26O8/c1-17(27)34-16-20(21(28)10-6-18-8-12-23(30-2)25(14-18)32-4)22(29)11-7-19-9-13-24(31-3)26(15-19)33-5/h6-16H,1-5H3/b10-6+,11-7+. The summed E-state index contributed by atoms with van der Waals surface area (Å²) in [5.74, 6) is 0.110. The van der Waals surface area contributed by atoms with Crippen LogP contribution in [0.1, 0.15) is 18.1 Å². The molecule has 8 heteroatoms. The molecule has 8 nitrogen and oxygen atoms in total. The smallest absolute Gasteiger partial charge is 0.307 e. The molecule has 0 aromatic heterocycles. The van der Waals surface area contributed by atoms with E-state index in [1.54, 1.807) is 36.4 Å². The lowest BCUT2D eigenvalue weighted by Crippen LogP contribution is -2.10. The van der Waals surface area contributed by atoms with Gasteiger partial charge in [0.1, 0.15) is 11.8 Å². The molecule has 178 valence electrons. The van der Waals surface area contributed by atoms with E-state index in [0.29, 0.717) is 34.1 Å². The number of hydrogen-bond acceptors (Lipinski definition) is 8. The summed E-state index contributed by atoms with van der Waals surface area (Å²) in [5, 5.41) is 0. The summed E-state index contributed by atoms with van der Waals surface area (Å²) in [7, 11) is 6.04. The zero-order valence-electron chi connectivity index (χ0n) is 19.6. The Bertz CT molecular complexity index is 1060. The third-order valence-corrected chi connectivity index (χ3v) is 4.54. The molecule has 0 atom stereocenters. The minimum Gasteiger partial charge on any atom is -0.493 e. The van der Waals surface area contributed by atoms with Gasteiger partial charge in [-0.15, -0.1) is 0 Å². The largest absolute Gasteiger partial charge is 0.493 e. The fourth-order valence-corrected chi connectivity index (χ4v) is 2.82. The molecule has 0 saturated carbocycles. The van der Waals surface area contributed by atoms with E-state index in [2.05, 4.69) is 0 Å². The summed E-state index contributed by atoms with van der Waals surface area (Å²) in [6.07, 6.45) is 6.29. The highest BCUT2D eigenvalue weighted by molar-refractivity contribution is 6.28. The van der Waals surface area contributed by atoms with Gasteiger partial charge in [0.15, 0.2) is 34.6 Å². The quantitative estimate of drug-likeness (QED) is 0.161. The van der Waals surface area contributed by atoms with E-state index in [9.17, 15) is 14.4 Å². The van der Waals surface area contributed by atoms with E-state index in [1.807, 2.05) is 0 Å². The third-order valence-electron chi connectivity index (χ3n) is 4.54. The van der Waals surface area contributed by atoms with Gasteiger partial charge in [-0.3, -0.25) is 14.4 Å². The van der Waals surface area contributed by atoms with Crippen LogP contribution in [-0.2, 0) is 19.1 Å². The Morgan fingerprint density at radius 1 is 0.647 bits per heavy atom. The van der Waals surface area contributed by atoms with Gasteiger partial charge in [0.25, 0.3) is 0 Å². The number of esters is 1. The van der Waals surface area contributed by atoms with Crippen molar-refractivity contribution in [2.75, 3.05) is 28.4 Å². The number of ketones is 2. The lowest BCUT2D eigenvalue weighted by atomic mass is 10.0. The number of hydrogen-bond donors (Lipinski definition) is 0. The monoisotopic (exact) mass is 466 g/mol. The van der Waals surface area contributed by atoms with E-state index in [0.717, 1.165) is 6.26 Å². The van der Waals surface area contributed by atoms with Gasteiger partial charge in [-0.05, 0) is 47.5 Å². The zero-order valence-corrected chi connectivity index (χ0v) is 19.6. The lowest BCUT2D eigenvalue weighted by molar-refractivity contribution is -0.135. The molecule has 2 aromatic rings. The maximum atomic E-state index is 12.7. The summed E-state index contributed by atoms with van der Waals surface area (Å²) in [6.45, 7) is 1.17. The first-order valence-electron chi connectivity index (χ1n) is 10.1. The second-order valence-electron chi connectivity index (χ2n) is 6.76. The molecule has 0 aliphatic carbocycles. The maximum Gasteiger partial charge on any atom is 0.307 e. The topological polar surface area (TPSA) is 97.4 Å². The highest BCUT2D eigenvalue weighted by atomic mass is 16.5. The van der Waals surface area contributed by atoms with Crippen LogP contribution < -0.4 is 18.9 Å². The molecule has 2 aromatic carbocycles. The van der Waals surface area contributed by atoms with Crippen LogP contribution in [-0.4, -0.2) is 46.0 Å². The Kier molecular flexibility index (Phi) is 9.64. The van der Waals surface area contributed by atoms with Crippen molar-refractivity contribution in [3.8, 4) is 23.0 Å². The minimum atomic E-state index is -0.661. The Labute approximate surface area is 198 Å². The summed E-state index contributed by atoms with van der Waals surface area (Å²) in [6, 6.07) is 10.2. The second kappa shape index (κ2) is 12.6. The summed E-state index contributed by atoms with van der Waals surface area (Å²) in [4.78, 5) is 36.7. The average molecular weight is 466 g/mol. The van der Waals surface area contributed by atoms with Crippen LogP contribution in [0.3, 0.4) is 0 Å². The Balaban J connectivity index is 2.27. The number of methoxy groups -OCH3 is 4. The number of carbonyl (C=O) groups is 3. The lowest BCUT2D eigenvalue weighted by Gasteiger charge is -2.08. The van der Waals surface area contributed by atoms with Crippen molar-refractivity contribution in [3.05, 3.63) is 71.5 Å². The SMILES string of the molecule is COc1ccc(/C=C/C(=O)C(=COC(C)=O)C(=O)/C=C/c2ccc(OC)c(OC)c2)cc1OC. The van der Waals surface area contributed by atoms with Gasteiger partial charge < -0.3 is 23.7 Å². The number of ether oxygens (including phenoxy) is 5. The molecular formula is C26H26O8. The van der Waals surface area contributed by atoms with Crippen molar-refractivity contribution in [2.24, 2.45) is 0 Å². The summed E-state index contributed by atoms with van der Waals surface area (Å²) < 4.78 is 25.7. The molecule has 0 aliphatic heterocycles. The Morgan fingerprint density at radius 3 is 1.41 bits per heavy atom. The molecule has 0 saturated heterocycles.